The molecule has 0 unspecified atom stereocenters. The smallest absolute Gasteiger partial charge is 0.255 e. The van der Waals surface area contributed by atoms with Gasteiger partial charge in [-0.3, -0.25) is 4.68 Å². The third kappa shape index (κ3) is 3.67. The highest BCUT2D eigenvalue weighted by molar-refractivity contribution is 7.89. The number of sulfonamides is 1. The largest absolute Gasteiger partial charge is 0.416 e. The highest BCUT2D eigenvalue weighted by atomic mass is 35.5. The Kier molecular flexibility index (Phi) is 4.74. The fourth-order valence-corrected chi connectivity index (χ4v) is 3.86. The van der Waals surface area contributed by atoms with Crippen LogP contribution in [0.4, 0.5) is 13.2 Å². The third-order valence-corrected chi connectivity index (χ3v) is 5.24. The Balaban J connectivity index is 2.31. The van der Waals surface area contributed by atoms with Crippen molar-refractivity contribution in [1.29, 1.82) is 0 Å². The second-order valence-corrected chi connectivity index (χ2v) is 6.87. The van der Waals surface area contributed by atoms with Gasteiger partial charge in [-0.05, 0) is 18.6 Å². The van der Waals surface area contributed by atoms with Gasteiger partial charge in [-0.1, -0.05) is 29.8 Å². The summed E-state index contributed by atoms with van der Waals surface area (Å²) in [5.41, 5.74) is -0.910. The topological polar surface area (TPSA) is 64.0 Å². The summed E-state index contributed by atoms with van der Waals surface area (Å²) in [4.78, 5) is -0.244. The first-order chi connectivity index (χ1) is 10.5. The Morgan fingerprint density at radius 2 is 1.91 bits per heavy atom. The molecule has 10 heteroatoms. The average Bonchev–Trinajstić information content (AvgIpc) is 2.70. The second-order valence-electron chi connectivity index (χ2n) is 4.81. The number of benzene rings is 1. The van der Waals surface area contributed by atoms with Crippen molar-refractivity contribution in [3.63, 3.8) is 0 Å². The molecule has 1 aromatic carbocycles. The number of nitrogens with one attached hydrogen (secondary N) is 1. The van der Waals surface area contributed by atoms with Crippen LogP contribution < -0.4 is 4.72 Å². The zero-order valence-corrected chi connectivity index (χ0v) is 13.7. The van der Waals surface area contributed by atoms with E-state index in [9.17, 15) is 21.6 Å². The van der Waals surface area contributed by atoms with Crippen molar-refractivity contribution in [2.45, 2.75) is 24.5 Å². The lowest BCUT2D eigenvalue weighted by atomic mass is 10.1. The van der Waals surface area contributed by atoms with E-state index in [1.807, 2.05) is 0 Å². The Labute approximate surface area is 136 Å². The van der Waals surface area contributed by atoms with Crippen LogP contribution in [0.1, 0.15) is 16.8 Å². The molecule has 1 N–H and O–H groups in total. The van der Waals surface area contributed by atoms with E-state index in [1.165, 1.54) is 36.9 Å². The van der Waals surface area contributed by atoms with Gasteiger partial charge < -0.3 is 0 Å². The van der Waals surface area contributed by atoms with Gasteiger partial charge >= 0.3 is 6.18 Å². The van der Waals surface area contributed by atoms with Gasteiger partial charge in [0, 0.05) is 13.6 Å². The quantitative estimate of drug-likeness (QED) is 0.903. The van der Waals surface area contributed by atoms with E-state index in [1.54, 1.807) is 0 Å². The summed E-state index contributed by atoms with van der Waals surface area (Å²) in [6, 6.07) is 4.75. The maximum absolute atomic E-state index is 12.9. The fraction of sp³-hybridized carbons (Fsp3) is 0.308. The van der Waals surface area contributed by atoms with E-state index in [0.717, 1.165) is 6.07 Å². The molecule has 0 fully saturated rings. The molecule has 0 atom stereocenters. The van der Waals surface area contributed by atoms with Gasteiger partial charge in [-0.2, -0.15) is 18.3 Å². The fourth-order valence-electron chi connectivity index (χ4n) is 2.11. The molecule has 0 amide bonds. The zero-order chi connectivity index (χ0) is 17.4. The lowest BCUT2D eigenvalue weighted by Gasteiger charge is -2.13. The molecule has 2 rings (SSSR count). The van der Waals surface area contributed by atoms with Crippen molar-refractivity contribution < 1.29 is 21.6 Å². The number of alkyl halides is 3. The molecule has 0 spiro atoms. The van der Waals surface area contributed by atoms with Gasteiger partial charge in [0.1, 0.15) is 10.0 Å². The second kappa shape index (κ2) is 6.14. The molecule has 0 aliphatic rings. The summed E-state index contributed by atoms with van der Waals surface area (Å²) < 4.78 is 66.6. The Morgan fingerprint density at radius 3 is 2.43 bits per heavy atom. The van der Waals surface area contributed by atoms with Crippen molar-refractivity contribution >= 4 is 21.6 Å². The predicted molar refractivity (Wildman–Crippen MR) is 78.4 cm³/mol. The molecule has 126 valence electrons. The SMILES string of the molecule is Cc1nn(C)c(Cl)c1S(=O)(=O)NCc1ccccc1C(F)(F)F. The molecule has 2 aromatic rings. The van der Waals surface area contributed by atoms with E-state index in [-0.39, 0.29) is 21.3 Å². The van der Waals surface area contributed by atoms with Crippen molar-refractivity contribution in [3.05, 3.63) is 46.2 Å². The first kappa shape index (κ1) is 17.8. The first-order valence-corrected chi connectivity index (χ1v) is 8.24. The van der Waals surface area contributed by atoms with Crippen LogP contribution in [-0.2, 0) is 29.8 Å². The Bertz CT molecular complexity index is 831. The molecule has 0 aliphatic carbocycles. The van der Waals surface area contributed by atoms with Crippen LogP contribution >= 0.6 is 11.6 Å². The predicted octanol–water partition coefficient (Wildman–Crippen LogP) is 2.88. The minimum Gasteiger partial charge on any atom is -0.255 e. The van der Waals surface area contributed by atoms with Crippen LogP contribution in [0.2, 0.25) is 5.15 Å². The molecule has 1 heterocycles. The van der Waals surface area contributed by atoms with Crippen LogP contribution in [0.5, 0.6) is 0 Å². The number of aromatic nitrogens is 2. The van der Waals surface area contributed by atoms with Crippen molar-refractivity contribution in [2.24, 2.45) is 7.05 Å². The van der Waals surface area contributed by atoms with Crippen LogP contribution in [-0.4, -0.2) is 18.2 Å². The number of hydrogen-bond acceptors (Lipinski definition) is 3. The van der Waals surface area contributed by atoms with E-state index in [4.69, 9.17) is 11.6 Å². The van der Waals surface area contributed by atoms with Gasteiger partial charge in [0.05, 0.1) is 11.3 Å². The molecule has 0 saturated heterocycles. The van der Waals surface area contributed by atoms with Gasteiger partial charge in [0.25, 0.3) is 0 Å². The first-order valence-electron chi connectivity index (χ1n) is 6.38. The summed E-state index contributed by atoms with van der Waals surface area (Å²) in [7, 11) is -2.63. The lowest BCUT2D eigenvalue weighted by Crippen LogP contribution is -2.25. The van der Waals surface area contributed by atoms with E-state index in [0.29, 0.717) is 0 Å². The monoisotopic (exact) mass is 367 g/mol. The number of aryl methyl sites for hydroxylation is 2. The van der Waals surface area contributed by atoms with Gasteiger partial charge in [-0.15, -0.1) is 0 Å². The van der Waals surface area contributed by atoms with Gasteiger partial charge in [0.15, 0.2) is 0 Å². The molecular formula is C13H13ClF3N3O2S. The minimum absolute atomic E-state index is 0.112. The minimum atomic E-state index is -4.57. The van der Waals surface area contributed by atoms with Gasteiger partial charge in [-0.25, -0.2) is 13.1 Å². The number of nitrogens with zero attached hydrogens (tertiary/aromatic N) is 2. The highest BCUT2D eigenvalue weighted by Gasteiger charge is 2.33. The van der Waals surface area contributed by atoms with Crippen LogP contribution in [0, 0.1) is 6.92 Å². The molecular weight excluding hydrogens is 355 g/mol. The van der Waals surface area contributed by atoms with E-state index >= 15 is 0 Å². The van der Waals surface area contributed by atoms with Crippen LogP contribution in [0.15, 0.2) is 29.2 Å². The van der Waals surface area contributed by atoms with Crippen molar-refractivity contribution in [3.8, 4) is 0 Å². The molecule has 0 bridgehead atoms. The number of rotatable bonds is 4. The number of hydrogen-bond donors (Lipinski definition) is 1. The van der Waals surface area contributed by atoms with Crippen LogP contribution in [0.25, 0.3) is 0 Å². The normalized spacial score (nSPS) is 12.6. The third-order valence-electron chi connectivity index (χ3n) is 3.14. The zero-order valence-electron chi connectivity index (χ0n) is 12.1. The van der Waals surface area contributed by atoms with Gasteiger partial charge in [0.2, 0.25) is 10.0 Å². The van der Waals surface area contributed by atoms with Crippen molar-refractivity contribution in [1.82, 2.24) is 14.5 Å². The summed E-state index contributed by atoms with van der Waals surface area (Å²) >= 11 is 5.89. The summed E-state index contributed by atoms with van der Waals surface area (Å²) in [6.07, 6.45) is -4.57. The molecule has 0 radical (unpaired) electrons. The molecule has 5 nitrogen and oxygen atoms in total. The van der Waals surface area contributed by atoms with Crippen LogP contribution in [0.3, 0.4) is 0 Å². The van der Waals surface area contributed by atoms with Crippen molar-refractivity contribution in [2.75, 3.05) is 0 Å². The molecule has 23 heavy (non-hydrogen) atoms. The Hall–Kier alpha value is -1.58. The van der Waals surface area contributed by atoms with E-state index in [2.05, 4.69) is 9.82 Å². The maximum Gasteiger partial charge on any atom is 0.416 e. The standard InChI is InChI=1S/C13H13ClF3N3O2S/c1-8-11(12(14)20(2)19-8)23(21,22)18-7-9-5-3-4-6-10(9)13(15,16)17/h3-6,18H,7H2,1-2H3. The summed E-state index contributed by atoms with van der Waals surface area (Å²) in [5, 5.41) is 3.76. The maximum atomic E-state index is 12.9. The summed E-state index contributed by atoms with van der Waals surface area (Å²) in [5.74, 6) is 0. The Morgan fingerprint density at radius 1 is 1.30 bits per heavy atom. The summed E-state index contributed by atoms with van der Waals surface area (Å²) in [6.45, 7) is 0.937. The average molecular weight is 368 g/mol. The van der Waals surface area contributed by atoms with E-state index < -0.39 is 28.3 Å². The highest BCUT2D eigenvalue weighted by Crippen LogP contribution is 2.32. The lowest BCUT2D eigenvalue weighted by molar-refractivity contribution is -0.138. The molecule has 0 aliphatic heterocycles. The molecule has 0 saturated carbocycles. The number of halogens is 4. The molecule has 1 aromatic heterocycles.